The van der Waals surface area contributed by atoms with Gasteiger partial charge in [0.15, 0.2) is 0 Å². The van der Waals surface area contributed by atoms with E-state index in [2.05, 4.69) is 44.9 Å². The van der Waals surface area contributed by atoms with Crippen LogP contribution in [0.2, 0.25) is 0 Å². The van der Waals surface area contributed by atoms with Crippen molar-refractivity contribution in [1.29, 1.82) is 0 Å². The molecule has 2 rings (SSSR count). The standard InChI is InChI=1S/C16H19BrN2O/c1-2-19(13-14-6-8-18-9-7-14)10-11-20-16-5-3-4-15(17)12-16/h3-9,12H,2,10-11,13H2,1H3. The Balaban J connectivity index is 1.79. The van der Waals surface area contributed by atoms with Crippen LogP contribution in [0.15, 0.2) is 53.3 Å². The van der Waals surface area contributed by atoms with Gasteiger partial charge in [-0.3, -0.25) is 9.88 Å². The number of aromatic nitrogens is 1. The number of benzene rings is 1. The Morgan fingerprint density at radius 1 is 1.20 bits per heavy atom. The first kappa shape index (κ1) is 15.0. The number of pyridine rings is 1. The van der Waals surface area contributed by atoms with E-state index in [1.807, 2.05) is 36.7 Å². The molecule has 0 N–H and O–H groups in total. The van der Waals surface area contributed by atoms with E-state index in [0.29, 0.717) is 6.61 Å². The van der Waals surface area contributed by atoms with E-state index in [1.54, 1.807) is 0 Å². The lowest BCUT2D eigenvalue weighted by atomic mass is 10.2. The van der Waals surface area contributed by atoms with Gasteiger partial charge in [-0.2, -0.15) is 0 Å². The summed E-state index contributed by atoms with van der Waals surface area (Å²) in [6, 6.07) is 12.0. The van der Waals surface area contributed by atoms with Crippen molar-refractivity contribution in [2.75, 3.05) is 19.7 Å². The second kappa shape index (κ2) is 8.02. The van der Waals surface area contributed by atoms with Gasteiger partial charge in [-0.15, -0.1) is 0 Å². The van der Waals surface area contributed by atoms with Crippen LogP contribution in [0.4, 0.5) is 0 Å². The quantitative estimate of drug-likeness (QED) is 0.771. The maximum Gasteiger partial charge on any atom is 0.120 e. The predicted molar refractivity (Wildman–Crippen MR) is 84.8 cm³/mol. The highest BCUT2D eigenvalue weighted by Gasteiger charge is 2.04. The van der Waals surface area contributed by atoms with Crippen molar-refractivity contribution in [3.8, 4) is 5.75 Å². The summed E-state index contributed by atoms with van der Waals surface area (Å²) in [7, 11) is 0. The molecule has 0 atom stereocenters. The molecule has 1 aromatic carbocycles. The molecule has 0 unspecified atom stereocenters. The molecular weight excluding hydrogens is 316 g/mol. The molecule has 1 aromatic heterocycles. The third kappa shape index (κ3) is 4.94. The zero-order valence-electron chi connectivity index (χ0n) is 11.6. The maximum atomic E-state index is 5.77. The second-order valence-corrected chi connectivity index (χ2v) is 5.45. The van der Waals surface area contributed by atoms with Gasteiger partial charge in [0.05, 0.1) is 0 Å². The van der Waals surface area contributed by atoms with Crippen molar-refractivity contribution in [3.63, 3.8) is 0 Å². The van der Waals surface area contributed by atoms with Crippen LogP contribution in [0.5, 0.6) is 5.75 Å². The highest BCUT2D eigenvalue weighted by Crippen LogP contribution is 2.17. The van der Waals surface area contributed by atoms with Crippen LogP contribution >= 0.6 is 15.9 Å². The number of ether oxygens (including phenoxy) is 1. The van der Waals surface area contributed by atoms with Gasteiger partial charge >= 0.3 is 0 Å². The van der Waals surface area contributed by atoms with E-state index in [1.165, 1.54) is 5.56 Å². The normalized spacial score (nSPS) is 10.8. The van der Waals surface area contributed by atoms with Crippen molar-refractivity contribution >= 4 is 15.9 Å². The highest BCUT2D eigenvalue weighted by molar-refractivity contribution is 9.10. The lowest BCUT2D eigenvalue weighted by Gasteiger charge is -2.20. The van der Waals surface area contributed by atoms with E-state index in [9.17, 15) is 0 Å². The largest absolute Gasteiger partial charge is 0.492 e. The van der Waals surface area contributed by atoms with Gasteiger partial charge in [-0.05, 0) is 42.4 Å². The van der Waals surface area contributed by atoms with Crippen molar-refractivity contribution in [2.24, 2.45) is 0 Å². The van der Waals surface area contributed by atoms with Gasteiger partial charge in [0.1, 0.15) is 12.4 Å². The fourth-order valence-electron chi connectivity index (χ4n) is 1.94. The SMILES string of the molecule is CCN(CCOc1cccc(Br)c1)Cc1ccncc1. The minimum Gasteiger partial charge on any atom is -0.492 e. The molecule has 0 bridgehead atoms. The van der Waals surface area contributed by atoms with Crippen molar-refractivity contribution in [1.82, 2.24) is 9.88 Å². The van der Waals surface area contributed by atoms with Gasteiger partial charge < -0.3 is 4.74 Å². The molecule has 2 aromatic rings. The first-order valence-corrected chi connectivity index (χ1v) is 7.57. The van der Waals surface area contributed by atoms with Crippen LogP contribution in [0, 0.1) is 0 Å². The zero-order chi connectivity index (χ0) is 14.2. The number of rotatable bonds is 7. The summed E-state index contributed by atoms with van der Waals surface area (Å²) in [4.78, 5) is 6.40. The monoisotopic (exact) mass is 334 g/mol. The number of hydrogen-bond acceptors (Lipinski definition) is 3. The van der Waals surface area contributed by atoms with Crippen LogP contribution in [0.25, 0.3) is 0 Å². The summed E-state index contributed by atoms with van der Waals surface area (Å²) in [5, 5.41) is 0. The van der Waals surface area contributed by atoms with Crippen LogP contribution in [-0.4, -0.2) is 29.6 Å². The summed E-state index contributed by atoms with van der Waals surface area (Å²) >= 11 is 3.44. The molecule has 0 amide bonds. The van der Waals surface area contributed by atoms with Crippen LogP contribution in [0.3, 0.4) is 0 Å². The summed E-state index contributed by atoms with van der Waals surface area (Å²) in [6.45, 7) is 5.70. The topological polar surface area (TPSA) is 25.4 Å². The van der Waals surface area contributed by atoms with E-state index in [4.69, 9.17) is 4.74 Å². The Morgan fingerprint density at radius 2 is 2.00 bits per heavy atom. The second-order valence-electron chi connectivity index (χ2n) is 4.53. The van der Waals surface area contributed by atoms with Crippen molar-refractivity contribution in [3.05, 3.63) is 58.8 Å². The fraction of sp³-hybridized carbons (Fsp3) is 0.312. The number of halogens is 1. The van der Waals surface area contributed by atoms with E-state index >= 15 is 0 Å². The molecule has 4 heteroatoms. The third-order valence-corrected chi connectivity index (χ3v) is 3.57. The molecule has 0 fully saturated rings. The summed E-state index contributed by atoms with van der Waals surface area (Å²) in [5.74, 6) is 0.902. The first-order valence-electron chi connectivity index (χ1n) is 6.77. The molecule has 0 spiro atoms. The Labute approximate surface area is 128 Å². The number of hydrogen-bond donors (Lipinski definition) is 0. The average molecular weight is 335 g/mol. The molecule has 0 radical (unpaired) electrons. The first-order chi connectivity index (χ1) is 9.78. The fourth-order valence-corrected chi connectivity index (χ4v) is 2.32. The van der Waals surface area contributed by atoms with Gasteiger partial charge in [0.2, 0.25) is 0 Å². The van der Waals surface area contributed by atoms with Gasteiger partial charge in [0.25, 0.3) is 0 Å². The van der Waals surface area contributed by atoms with E-state index in [-0.39, 0.29) is 0 Å². The Kier molecular flexibility index (Phi) is 6.02. The van der Waals surface area contributed by atoms with Crippen LogP contribution < -0.4 is 4.74 Å². The highest BCUT2D eigenvalue weighted by atomic mass is 79.9. The molecule has 0 aliphatic carbocycles. The van der Waals surface area contributed by atoms with E-state index in [0.717, 1.165) is 29.9 Å². The Bertz CT molecular complexity index is 519. The summed E-state index contributed by atoms with van der Waals surface area (Å²) < 4.78 is 6.81. The minimum atomic E-state index is 0.690. The lowest BCUT2D eigenvalue weighted by molar-refractivity contribution is 0.210. The summed E-state index contributed by atoms with van der Waals surface area (Å²) in [5.41, 5.74) is 1.28. The van der Waals surface area contributed by atoms with Gasteiger partial charge in [-0.1, -0.05) is 28.9 Å². The number of nitrogens with zero attached hydrogens (tertiary/aromatic N) is 2. The third-order valence-electron chi connectivity index (χ3n) is 3.08. The Hall–Kier alpha value is -1.39. The molecule has 106 valence electrons. The van der Waals surface area contributed by atoms with Crippen molar-refractivity contribution in [2.45, 2.75) is 13.5 Å². The van der Waals surface area contributed by atoms with Gasteiger partial charge in [0, 0.05) is 30.0 Å². The number of likely N-dealkylation sites (N-methyl/N-ethyl adjacent to an activating group) is 1. The molecule has 3 nitrogen and oxygen atoms in total. The van der Waals surface area contributed by atoms with Crippen molar-refractivity contribution < 1.29 is 4.74 Å². The minimum absolute atomic E-state index is 0.690. The Morgan fingerprint density at radius 3 is 2.70 bits per heavy atom. The van der Waals surface area contributed by atoms with E-state index < -0.39 is 0 Å². The zero-order valence-corrected chi connectivity index (χ0v) is 13.2. The van der Waals surface area contributed by atoms with Crippen LogP contribution in [-0.2, 0) is 6.54 Å². The molecule has 0 aliphatic heterocycles. The molecule has 0 saturated carbocycles. The smallest absolute Gasteiger partial charge is 0.120 e. The maximum absolute atomic E-state index is 5.77. The van der Waals surface area contributed by atoms with Gasteiger partial charge in [-0.25, -0.2) is 0 Å². The summed E-state index contributed by atoms with van der Waals surface area (Å²) in [6.07, 6.45) is 3.67. The molecule has 0 saturated heterocycles. The predicted octanol–water partition coefficient (Wildman–Crippen LogP) is 3.75. The average Bonchev–Trinajstić information content (AvgIpc) is 2.47. The molecule has 20 heavy (non-hydrogen) atoms. The lowest BCUT2D eigenvalue weighted by Crippen LogP contribution is -2.27. The molecule has 0 aliphatic rings. The van der Waals surface area contributed by atoms with Crippen LogP contribution in [0.1, 0.15) is 12.5 Å². The molecular formula is C16H19BrN2O. The molecule has 1 heterocycles.